The highest BCUT2D eigenvalue weighted by Gasteiger charge is 2.14. The van der Waals surface area contributed by atoms with Crippen molar-refractivity contribution in [2.45, 2.75) is 11.4 Å². The molecule has 3 aromatic rings. The normalized spacial score (nSPS) is 11.3. The minimum absolute atomic E-state index is 0.0497. The van der Waals surface area contributed by atoms with Gasteiger partial charge in [-0.3, -0.25) is 9.20 Å². The van der Waals surface area contributed by atoms with E-state index in [0.717, 1.165) is 10.7 Å². The maximum atomic E-state index is 12.2. The van der Waals surface area contributed by atoms with Crippen molar-refractivity contribution in [3.8, 4) is 12.3 Å². The molecule has 3 rings (SSSR count). The highest BCUT2D eigenvalue weighted by atomic mass is 32.2. The minimum Gasteiger partial charge on any atom is -0.346 e. The lowest BCUT2D eigenvalue weighted by Gasteiger charge is -2.06. The average Bonchev–Trinajstić information content (AvgIpc) is 3.19. The monoisotopic (exact) mass is 374 g/mol. The number of nitrogens with zero attached hydrogens (tertiary/aromatic N) is 2. The number of hydrogen-bond acceptors (Lipinski definition) is 5. The molecule has 0 aliphatic heterocycles. The van der Waals surface area contributed by atoms with Gasteiger partial charge in [-0.1, -0.05) is 5.92 Å². The van der Waals surface area contributed by atoms with Crippen LogP contribution in [0, 0.1) is 12.3 Å². The first-order valence-corrected chi connectivity index (χ1v) is 9.58. The summed E-state index contributed by atoms with van der Waals surface area (Å²) >= 11 is 1.51. The number of carbonyl (C=O) groups excluding carboxylic acids is 1. The number of nitrogens with one attached hydrogen (secondary N) is 2. The van der Waals surface area contributed by atoms with E-state index in [-0.39, 0.29) is 23.9 Å². The lowest BCUT2D eigenvalue weighted by Crippen LogP contribution is -2.25. The zero-order valence-electron chi connectivity index (χ0n) is 13.0. The van der Waals surface area contributed by atoms with Gasteiger partial charge in [0.05, 0.1) is 23.7 Å². The quantitative estimate of drug-likeness (QED) is 0.635. The summed E-state index contributed by atoms with van der Waals surface area (Å²) in [6.07, 6.45) is 8.78. The Kier molecular flexibility index (Phi) is 4.85. The van der Waals surface area contributed by atoms with Gasteiger partial charge in [-0.2, -0.15) is 4.72 Å². The summed E-state index contributed by atoms with van der Waals surface area (Å²) in [7, 11) is -3.66. The number of rotatable bonds is 6. The van der Waals surface area contributed by atoms with Gasteiger partial charge in [-0.15, -0.1) is 17.8 Å². The Hall–Kier alpha value is -2.67. The second-order valence-corrected chi connectivity index (χ2v) is 7.70. The molecule has 7 nitrogen and oxygen atoms in total. The van der Waals surface area contributed by atoms with Crippen LogP contribution >= 0.6 is 11.3 Å². The Morgan fingerprint density at radius 2 is 2.08 bits per heavy atom. The number of terminal acetylenes is 1. The second kappa shape index (κ2) is 7.06. The number of fused-ring (bicyclic) bond motifs is 1. The molecule has 2 heterocycles. The molecule has 2 N–H and O–H groups in total. The predicted octanol–water partition coefficient (Wildman–Crippen LogP) is 1.24. The predicted molar refractivity (Wildman–Crippen MR) is 94.7 cm³/mol. The van der Waals surface area contributed by atoms with Crippen molar-refractivity contribution in [1.82, 2.24) is 19.4 Å². The first-order chi connectivity index (χ1) is 12.0. The smallest absolute Gasteiger partial charge is 0.251 e. The van der Waals surface area contributed by atoms with Crippen molar-refractivity contribution in [1.29, 1.82) is 0 Å². The Balaban J connectivity index is 1.64. The van der Waals surface area contributed by atoms with Crippen LogP contribution in [0.15, 0.2) is 46.9 Å². The summed E-state index contributed by atoms with van der Waals surface area (Å²) < 4.78 is 28.0. The number of imidazole rings is 1. The zero-order chi connectivity index (χ0) is 17.9. The van der Waals surface area contributed by atoms with Crippen LogP contribution in [0.3, 0.4) is 0 Å². The van der Waals surface area contributed by atoms with Gasteiger partial charge in [0.15, 0.2) is 4.96 Å². The third-order valence-electron chi connectivity index (χ3n) is 3.36. The lowest BCUT2D eigenvalue weighted by molar-refractivity contribution is 0.0950. The van der Waals surface area contributed by atoms with Gasteiger partial charge in [0.1, 0.15) is 0 Å². The fourth-order valence-electron chi connectivity index (χ4n) is 2.14. The van der Waals surface area contributed by atoms with Gasteiger partial charge in [0.25, 0.3) is 5.91 Å². The van der Waals surface area contributed by atoms with Crippen LogP contribution in [0.1, 0.15) is 16.1 Å². The van der Waals surface area contributed by atoms with E-state index in [2.05, 4.69) is 20.9 Å². The number of amides is 1. The molecular formula is C16H14N4O3S2. The SMILES string of the molecule is C#CCNS(=O)(=O)c1ccc(C(=O)NCc2cn3ccsc3n2)cc1. The van der Waals surface area contributed by atoms with Gasteiger partial charge in [-0.05, 0) is 24.3 Å². The third kappa shape index (κ3) is 3.88. The number of thiazole rings is 1. The highest BCUT2D eigenvalue weighted by Crippen LogP contribution is 2.12. The van der Waals surface area contributed by atoms with Crippen LogP contribution in [0.4, 0.5) is 0 Å². The van der Waals surface area contributed by atoms with E-state index in [4.69, 9.17) is 6.42 Å². The van der Waals surface area contributed by atoms with Crippen molar-refractivity contribution < 1.29 is 13.2 Å². The van der Waals surface area contributed by atoms with Crippen LogP contribution in [-0.2, 0) is 16.6 Å². The lowest BCUT2D eigenvalue weighted by atomic mass is 10.2. The molecule has 0 unspecified atom stereocenters. The Morgan fingerprint density at radius 3 is 2.76 bits per heavy atom. The molecule has 128 valence electrons. The van der Waals surface area contributed by atoms with Gasteiger partial charge in [0, 0.05) is 23.3 Å². The van der Waals surface area contributed by atoms with Crippen LogP contribution in [-0.4, -0.2) is 30.3 Å². The number of aromatic nitrogens is 2. The summed E-state index contributed by atoms with van der Waals surface area (Å²) in [6.45, 7) is 0.198. The van der Waals surface area contributed by atoms with Crippen LogP contribution < -0.4 is 10.0 Å². The van der Waals surface area contributed by atoms with E-state index < -0.39 is 10.0 Å². The molecule has 1 aromatic carbocycles. The number of carbonyl (C=O) groups is 1. The van der Waals surface area contributed by atoms with Crippen molar-refractivity contribution in [2.24, 2.45) is 0 Å². The van der Waals surface area contributed by atoms with Crippen LogP contribution in [0.25, 0.3) is 4.96 Å². The summed E-state index contributed by atoms with van der Waals surface area (Å²) in [5.74, 6) is 1.89. The molecule has 2 aromatic heterocycles. The Morgan fingerprint density at radius 1 is 1.32 bits per heavy atom. The summed E-state index contributed by atoms with van der Waals surface area (Å²) in [5, 5.41) is 4.69. The molecule has 1 amide bonds. The molecule has 0 aliphatic carbocycles. The van der Waals surface area contributed by atoms with E-state index in [1.807, 2.05) is 22.2 Å². The highest BCUT2D eigenvalue weighted by molar-refractivity contribution is 7.89. The van der Waals surface area contributed by atoms with Gasteiger partial charge >= 0.3 is 0 Å². The topological polar surface area (TPSA) is 92.6 Å². The van der Waals surface area contributed by atoms with E-state index in [0.29, 0.717) is 5.56 Å². The molecular weight excluding hydrogens is 360 g/mol. The molecule has 25 heavy (non-hydrogen) atoms. The fraction of sp³-hybridized carbons (Fsp3) is 0.125. The largest absolute Gasteiger partial charge is 0.346 e. The van der Waals surface area contributed by atoms with Gasteiger partial charge < -0.3 is 5.32 Å². The van der Waals surface area contributed by atoms with Crippen LogP contribution in [0.2, 0.25) is 0 Å². The van der Waals surface area contributed by atoms with E-state index in [1.165, 1.54) is 35.6 Å². The molecule has 0 aliphatic rings. The molecule has 0 fully saturated rings. The summed E-state index contributed by atoms with van der Waals surface area (Å²) in [6, 6.07) is 5.62. The summed E-state index contributed by atoms with van der Waals surface area (Å²) in [4.78, 5) is 17.5. The van der Waals surface area contributed by atoms with E-state index in [9.17, 15) is 13.2 Å². The molecule has 0 bridgehead atoms. The first kappa shape index (κ1) is 17.2. The standard InChI is InChI=1S/C16H14N4O3S2/c1-2-7-18-25(22,23)14-5-3-12(4-6-14)15(21)17-10-13-11-20-8-9-24-16(20)19-13/h1,3-6,8-9,11,18H,7,10H2,(H,17,21). The maximum Gasteiger partial charge on any atom is 0.251 e. The second-order valence-electron chi connectivity index (χ2n) is 5.06. The molecule has 0 spiro atoms. The third-order valence-corrected chi connectivity index (χ3v) is 5.55. The Bertz CT molecular complexity index is 1010. The molecule has 0 atom stereocenters. The maximum absolute atomic E-state index is 12.2. The number of sulfonamides is 1. The van der Waals surface area contributed by atoms with Crippen LogP contribution in [0.5, 0.6) is 0 Å². The zero-order valence-corrected chi connectivity index (χ0v) is 14.6. The Labute approximate surface area is 148 Å². The first-order valence-electron chi connectivity index (χ1n) is 7.22. The number of benzene rings is 1. The minimum atomic E-state index is -3.66. The van der Waals surface area contributed by atoms with E-state index in [1.54, 1.807) is 0 Å². The van der Waals surface area contributed by atoms with Crippen molar-refractivity contribution >= 4 is 32.2 Å². The molecule has 0 radical (unpaired) electrons. The number of hydrogen-bond donors (Lipinski definition) is 2. The summed E-state index contributed by atoms with van der Waals surface area (Å²) in [5.41, 5.74) is 1.11. The van der Waals surface area contributed by atoms with Gasteiger partial charge in [0.2, 0.25) is 10.0 Å². The van der Waals surface area contributed by atoms with Crippen molar-refractivity contribution in [3.05, 3.63) is 53.3 Å². The van der Waals surface area contributed by atoms with Crippen molar-refractivity contribution in [3.63, 3.8) is 0 Å². The fourth-order valence-corrected chi connectivity index (χ4v) is 3.79. The van der Waals surface area contributed by atoms with Gasteiger partial charge in [-0.25, -0.2) is 13.4 Å². The molecule has 0 saturated carbocycles. The molecule has 0 saturated heterocycles. The van der Waals surface area contributed by atoms with E-state index >= 15 is 0 Å². The molecule has 9 heteroatoms. The average molecular weight is 374 g/mol. The van der Waals surface area contributed by atoms with Crippen molar-refractivity contribution in [2.75, 3.05) is 6.54 Å².